The molecule has 22 heavy (non-hydrogen) atoms. The van der Waals surface area contributed by atoms with Gasteiger partial charge in [-0.25, -0.2) is 0 Å². The molecule has 3 rings (SSSR count). The van der Waals surface area contributed by atoms with E-state index in [0.717, 1.165) is 0 Å². The summed E-state index contributed by atoms with van der Waals surface area (Å²) in [6.45, 7) is 0. The first-order valence-corrected chi connectivity index (χ1v) is 11.3. The highest BCUT2D eigenvalue weighted by Crippen LogP contribution is 2.27. The van der Waals surface area contributed by atoms with Crippen LogP contribution in [0, 0.1) is 0 Å². The van der Waals surface area contributed by atoms with Crippen LogP contribution < -0.4 is 0 Å². The molecule has 0 aliphatic heterocycles. The summed E-state index contributed by atoms with van der Waals surface area (Å²) in [6.07, 6.45) is 20.6. The molecule has 0 spiro atoms. The Morgan fingerprint density at radius 2 is 0.682 bits per heavy atom. The maximum atomic E-state index is 6.39. The molecule has 0 atom stereocenters. The van der Waals surface area contributed by atoms with Crippen LogP contribution in [0.4, 0.5) is 0 Å². The molecule has 3 aliphatic rings. The van der Waals surface area contributed by atoms with Gasteiger partial charge < -0.3 is 11.4 Å². The highest BCUT2D eigenvalue weighted by Gasteiger charge is 2.40. The predicted molar refractivity (Wildman–Crippen MR) is 89.6 cm³/mol. The largest absolute Gasteiger partial charge is 0.906 e. The molecule has 3 fully saturated rings. The lowest BCUT2D eigenvalue weighted by Gasteiger charge is -2.32. The molecule has 126 valence electrons. The third-order valence-corrected chi connectivity index (χ3v) is 7.39. The van der Waals surface area contributed by atoms with Crippen LogP contribution in [0.15, 0.2) is 0 Å². The van der Waals surface area contributed by atoms with Crippen molar-refractivity contribution >= 4 is 15.1 Å². The SMILES string of the molecule is C1CCC([O][Al]([O]C2CCCCC2)[O]C2CCCCC2)CC1. The molecule has 0 aromatic carbocycles. The van der Waals surface area contributed by atoms with Gasteiger partial charge in [-0.2, -0.15) is 0 Å². The standard InChI is InChI=1S/3C6H11O.Al/c3*7-6-4-2-1-3-5-6;/h3*6H,1-5H2;/q3*-1;+3. The third-order valence-electron chi connectivity index (χ3n) is 5.57. The summed E-state index contributed by atoms with van der Waals surface area (Å²) >= 11 is -1.95. The first-order chi connectivity index (χ1) is 10.9. The molecule has 4 heteroatoms. The first-order valence-electron chi connectivity index (χ1n) is 9.86. The molecule has 0 unspecified atom stereocenters. The fraction of sp³-hybridized carbons (Fsp3) is 1.00. The Hall–Kier alpha value is 0.412. The fourth-order valence-corrected chi connectivity index (χ4v) is 6.12. The van der Waals surface area contributed by atoms with Gasteiger partial charge in [-0.05, 0) is 38.5 Å². The normalized spacial score (nSPS) is 26.2. The van der Waals surface area contributed by atoms with Gasteiger partial charge in [0.15, 0.2) is 0 Å². The second kappa shape index (κ2) is 9.65. The maximum Gasteiger partial charge on any atom is 0.906 e. The van der Waals surface area contributed by atoms with E-state index in [2.05, 4.69) is 0 Å². The summed E-state index contributed by atoms with van der Waals surface area (Å²) in [5, 5.41) is 0. The van der Waals surface area contributed by atoms with Crippen molar-refractivity contribution in [2.24, 2.45) is 0 Å². The summed E-state index contributed by atoms with van der Waals surface area (Å²) in [4.78, 5) is 0. The summed E-state index contributed by atoms with van der Waals surface area (Å²) in [7, 11) is 0. The molecule has 3 saturated carbocycles. The van der Waals surface area contributed by atoms with Crippen LogP contribution in [0.2, 0.25) is 0 Å². The van der Waals surface area contributed by atoms with Crippen LogP contribution in [0.25, 0.3) is 0 Å². The summed E-state index contributed by atoms with van der Waals surface area (Å²) in [6, 6.07) is 0. The molecule has 0 radical (unpaired) electrons. The molecular formula is C18H33AlO3. The van der Waals surface area contributed by atoms with Crippen LogP contribution in [-0.2, 0) is 11.4 Å². The summed E-state index contributed by atoms with van der Waals surface area (Å²) in [5.41, 5.74) is 0. The Morgan fingerprint density at radius 3 is 0.955 bits per heavy atom. The minimum Gasteiger partial charge on any atom is -0.452 e. The zero-order valence-electron chi connectivity index (χ0n) is 14.1. The van der Waals surface area contributed by atoms with Crippen LogP contribution in [0.3, 0.4) is 0 Å². The van der Waals surface area contributed by atoms with Crippen molar-refractivity contribution in [3.8, 4) is 0 Å². The van der Waals surface area contributed by atoms with Gasteiger partial charge in [0, 0.05) is 18.3 Å². The highest BCUT2D eigenvalue weighted by molar-refractivity contribution is 6.36. The van der Waals surface area contributed by atoms with Gasteiger partial charge in [-0.15, -0.1) is 0 Å². The minimum absolute atomic E-state index is 0.414. The summed E-state index contributed by atoms with van der Waals surface area (Å²) < 4.78 is 19.2. The van der Waals surface area contributed by atoms with E-state index in [4.69, 9.17) is 11.4 Å². The quantitative estimate of drug-likeness (QED) is 0.642. The minimum atomic E-state index is -1.95. The molecule has 0 saturated heterocycles. The Kier molecular flexibility index (Phi) is 7.56. The van der Waals surface area contributed by atoms with Crippen molar-refractivity contribution in [3.05, 3.63) is 0 Å². The smallest absolute Gasteiger partial charge is 0.452 e. The average Bonchev–Trinajstić information content (AvgIpc) is 2.57. The topological polar surface area (TPSA) is 27.7 Å². The van der Waals surface area contributed by atoms with Crippen molar-refractivity contribution in [3.63, 3.8) is 0 Å². The van der Waals surface area contributed by atoms with Gasteiger partial charge in [0.25, 0.3) is 0 Å². The van der Waals surface area contributed by atoms with Crippen molar-refractivity contribution in [2.75, 3.05) is 0 Å². The Bertz CT molecular complexity index is 247. The van der Waals surface area contributed by atoms with Gasteiger partial charge in [-0.3, -0.25) is 0 Å². The number of hydrogen-bond acceptors (Lipinski definition) is 3. The Balaban J connectivity index is 1.50. The van der Waals surface area contributed by atoms with Gasteiger partial charge in [0.2, 0.25) is 0 Å². The van der Waals surface area contributed by atoms with Crippen molar-refractivity contribution < 1.29 is 11.4 Å². The van der Waals surface area contributed by atoms with Gasteiger partial charge in [0.1, 0.15) is 0 Å². The van der Waals surface area contributed by atoms with Crippen LogP contribution >= 0.6 is 0 Å². The Labute approximate surface area is 141 Å². The lowest BCUT2D eigenvalue weighted by molar-refractivity contribution is -0.0154. The molecule has 0 amide bonds. The van der Waals surface area contributed by atoms with E-state index >= 15 is 0 Å². The van der Waals surface area contributed by atoms with E-state index in [9.17, 15) is 0 Å². The summed E-state index contributed by atoms with van der Waals surface area (Å²) in [5.74, 6) is 0. The molecule has 0 N–H and O–H groups in total. The molecule has 0 heterocycles. The van der Waals surface area contributed by atoms with Gasteiger partial charge in [0.05, 0.1) is 0 Å². The van der Waals surface area contributed by atoms with Crippen LogP contribution in [0.1, 0.15) is 96.3 Å². The van der Waals surface area contributed by atoms with Gasteiger partial charge >= 0.3 is 15.1 Å². The fourth-order valence-electron chi connectivity index (χ4n) is 4.17. The first kappa shape index (κ1) is 17.2. The van der Waals surface area contributed by atoms with Crippen molar-refractivity contribution in [2.45, 2.75) is 115 Å². The highest BCUT2D eigenvalue weighted by atomic mass is 27.3. The molecule has 3 nitrogen and oxygen atoms in total. The van der Waals surface area contributed by atoms with Crippen LogP contribution in [0.5, 0.6) is 0 Å². The third kappa shape index (κ3) is 5.80. The molecular weight excluding hydrogens is 291 g/mol. The zero-order chi connectivity index (χ0) is 15.0. The van der Waals surface area contributed by atoms with E-state index in [1.165, 1.54) is 96.3 Å². The zero-order valence-corrected chi connectivity index (χ0v) is 15.3. The second-order valence-corrected chi connectivity index (χ2v) is 8.87. The van der Waals surface area contributed by atoms with E-state index in [1.54, 1.807) is 0 Å². The van der Waals surface area contributed by atoms with Crippen molar-refractivity contribution in [1.82, 2.24) is 0 Å². The molecule has 0 bridgehead atoms. The molecule has 0 aromatic rings. The van der Waals surface area contributed by atoms with Crippen LogP contribution in [-0.4, -0.2) is 33.5 Å². The number of rotatable bonds is 6. The Morgan fingerprint density at radius 1 is 0.409 bits per heavy atom. The van der Waals surface area contributed by atoms with Crippen molar-refractivity contribution in [1.29, 1.82) is 0 Å². The van der Waals surface area contributed by atoms with E-state index in [1.807, 2.05) is 0 Å². The lowest BCUT2D eigenvalue weighted by atomic mass is 9.98. The van der Waals surface area contributed by atoms with E-state index in [-0.39, 0.29) is 0 Å². The molecule has 0 aromatic heterocycles. The molecule has 3 aliphatic carbocycles. The maximum absolute atomic E-state index is 6.39. The van der Waals surface area contributed by atoms with Gasteiger partial charge in [-0.1, -0.05) is 57.8 Å². The number of hydrogen-bond donors (Lipinski definition) is 0. The lowest BCUT2D eigenvalue weighted by Crippen LogP contribution is -2.40. The monoisotopic (exact) mass is 324 g/mol. The second-order valence-electron chi connectivity index (χ2n) is 7.48. The van der Waals surface area contributed by atoms with E-state index < -0.39 is 15.1 Å². The van der Waals surface area contributed by atoms with E-state index in [0.29, 0.717) is 18.3 Å². The predicted octanol–water partition coefficient (Wildman–Crippen LogP) is 5.02. The average molecular weight is 324 g/mol.